The van der Waals surface area contributed by atoms with Crippen LogP contribution in [0.2, 0.25) is 0 Å². The Morgan fingerprint density at radius 1 is 1.22 bits per heavy atom. The van der Waals surface area contributed by atoms with E-state index in [1.165, 1.54) is 6.20 Å². The maximum absolute atomic E-state index is 12.0. The van der Waals surface area contributed by atoms with Gasteiger partial charge in [-0.1, -0.05) is 15.9 Å². The third-order valence-corrected chi connectivity index (χ3v) is 3.56. The first kappa shape index (κ1) is 15.3. The normalized spacial score (nSPS) is 10.5. The van der Waals surface area contributed by atoms with Crippen molar-refractivity contribution in [2.24, 2.45) is 7.05 Å². The predicted octanol–water partition coefficient (Wildman–Crippen LogP) is 2.67. The van der Waals surface area contributed by atoms with Gasteiger partial charge in [-0.2, -0.15) is 10.2 Å². The third kappa shape index (κ3) is 3.98. The molecule has 0 spiro atoms. The molecule has 0 saturated carbocycles. The maximum Gasteiger partial charge on any atom is 0.258 e. The van der Waals surface area contributed by atoms with Crippen LogP contribution >= 0.6 is 15.9 Å². The first-order chi connectivity index (χ1) is 11.1. The number of nitrogens with zero attached hydrogens (tertiary/aromatic N) is 4. The molecule has 118 valence electrons. The molecule has 2 heterocycles. The molecule has 0 bridgehead atoms. The molecule has 3 aromatic rings. The molecule has 8 heteroatoms. The lowest BCUT2D eigenvalue weighted by Gasteiger charge is -2.05. The lowest BCUT2D eigenvalue weighted by Crippen LogP contribution is -2.10. The van der Waals surface area contributed by atoms with Gasteiger partial charge < -0.3 is 10.1 Å². The minimum absolute atomic E-state index is 0.230. The van der Waals surface area contributed by atoms with Crippen LogP contribution in [-0.4, -0.2) is 25.5 Å². The average Bonchev–Trinajstić information content (AvgIpc) is 3.16. The molecule has 3 rings (SSSR count). The molecule has 1 amide bonds. The lowest BCUT2D eigenvalue weighted by atomic mass is 10.3. The zero-order chi connectivity index (χ0) is 16.2. The smallest absolute Gasteiger partial charge is 0.258 e. The Balaban J connectivity index is 1.57. The van der Waals surface area contributed by atoms with Gasteiger partial charge in [0, 0.05) is 17.7 Å². The number of aromatic nitrogens is 4. The van der Waals surface area contributed by atoms with E-state index < -0.39 is 0 Å². The highest BCUT2D eigenvalue weighted by molar-refractivity contribution is 9.10. The number of aryl methyl sites for hydroxylation is 1. The Kier molecular flexibility index (Phi) is 4.42. The van der Waals surface area contributed by atoms with Crippen molar-refractivity contribution >= 4 is 27.5 Å². The summed E-state index contributed by atoms with van der Waals surface area (Å²) in [5, 5.41) is 10.9. The molecule has 7 nitrogen and oxygen atoms in total. The lowest BCUT2D eigenvalue weighted by molar-refractivity contribution is 0.102. The number of ether oxygens (including phenoxy) is 1. The molecular formula is C15H14BrN5O2. The van der Waals surface area contributed by atoms with E-state index in [4.69, 9.17) is 4.74 Å². The summed E-state index contributed by atoms with van der Waals surface area (Å²) in [5.74, 6) is 0.510. The summed E-state index contributed by atoms with van der Waals surface area (Å²) >= 11 is 3.37. The van der Waals surface area contributed by atoms with Crippen LogP contribution in [0, 0.1) is 0 Å². The molecule has 0 aliphatic rings. The minimum Gasteiger partial charge on any atom is -0.471 e. The molecule has 0 radical (unpaired) electrons. The first-order valence-electron chi connectivity index (χ1n) is 6.81. The standard InChI is InChI=1S/C15H14BrN5O2/c1-20-8-11(6-17-20)15(22)19-13-7-18-21(9-13)10-23-14-4-2-12(16)3-5-14/h2-9H,10H2,1H3,(H,19,22). The average molecular weight is 376 g/mol. The Bertz CT molecular complexity index is 809. The SMILES string of the molecule is Cn1cc(C(=O)Nc2cnn(COc3ccc(Br)cc3)c2)cn1. The van der Waals surface area contributed by atoms with Gasteiger partial charge in [-0.25, -0.2) is 4.68 Å². The minimum atomic E-state index is -0.230. The van der Waals surface area contributed by atoms with Crippen molar-refractivity contribution < 1.29 is 9.53 Å². The molecule has 1 aromatic carbocycles. The molecule has 0 saturated heterocycles. The Labute approximate surface area is 141 Å². The summed E-state index contributed by atoms with van der Waals surface area (Å²) < 4.78 is 9.77. The number of halogens is 1. The topological polar surface area (TPSA) is 74.0 Å². The van der Waals surface area contributed by atoms with Crippen LogP contribution in [0.4, 0.5) is 5.69 Å². The first-order valence-corrected chi connectivity index (χ1v) is 7.60. The quantitative estimate of drug-likeness (QED) is 0.743. The molecule has 0 atom stereocenters. The largest absolute Gasteiger partial charge is 0.471 e. The molecule has 2 aromatic heterocycles. The van der Waals surface area contributed by atoms with Gasteiger partial charge in [-0.3, -0.25) is 9.48 Å². The fourth-order valence-electron chi connectivity index (χ4n) is 1.91. The second kappa shape index (κ2) is 6.66. The molecule has 0 aliphatic carbocycles. The van der Waals surface area contributed by atoms with Crippen molar-refractivity contribution in [1.29, 1.82) is 0 Å². The number of hydrogen-bond acceptors (Lipinski definition) is 4. The fraction of sp³-hybridized carbons (Fsp3) is 0.133. The van der Waals surface area contributed by atoms with Crippen molar-refractivity contribution in [3.63, 3.8) is 0 Å². The molecule has 23 heavy (non-hydrogen) atoms. The number of carbonyl (C=O) groups is 1. The van der Waals surface area contributed by atoms with Crippen molar-refractivity contribution in [3.05, 3.63) is 59.1 Å². The van der Waals surface area contributed by atoms with Crippen LogP contribution in [0.5, 0.6) is 5.75 Å². The second-order valence-electron chi connectivity index (χ2n) is 4.85. The van der Waals surface area contributed by atoms with Gasteiger partial charge in [-0.05, 0) is 24.3 Å². The number of amides is 1. The number of nitrogens with one attached hydrogen (secondary N) is 1. The van der Waals surface area contributed by atoms with E-state index in [1.807, 2.05) is 24.3 Å². The van der Waals surface area contributed by atoms with E-state index in [0.29, 0.717) is 11.3 Å². The van der Waals surface area contributed by atoms with Gasteiger partial charge in [0.05, 0.1) is 29.8 Å². The van der Waals surface area contributed by atoms with E-state index in [2.05, 4.69) is 31.4 Å². The molecule has 0 fully saturated rings. The highest BCUT2D eigenvalue weighted by atomic mass is 79.9. The van der Waals surface area contributed by atoms with Crippen LogP contribution in [0.3, 0.4) is 0 Å². The van der Waals surface area contributed by atoms with E-state index in [1.54, 1.807) is 35.0 Å². The summed E-state index contributed by atoms with van der Waals surface area (Å²) in [4.78, 5) is 12.0. The Hall–Kier alpha value is -2.61. The van der Waals surface area contributed by atoms with Crippen LogP contribution in [0.25, 0.3) is 0 Å². The molecule has 0 aliphatic heterocycles. The molecular weight excluding hydrogens is 362 g/mol. The van der Waals surface area contributed by atoms with Crippen molar-refractivity contribution in [3.8, 4) is 5.75 Å². The van der Waals surface area contributed by atoms with Crippen LogP contribution in [0.1, 0.15) is 10.4 Å². The van der Waals surface area contributed by atoms with E-state index in [0.717, 1.165) is 10.2 Å². The fourth-order valence-corrected chi connectivity index (χ4v) is 2.18. The maximum atomic E-state index is 12.0. The zero-order valence-corrected chi connectivity index (χ0v) is 13.9. The van der Waals surface area contributed by atoms with Gasteiger partial charge in [0.2, 0.25) is 0 Å². The van der Waals surface area contributed by atoms with Gasteiger partial charge >= 0.3 is 0 Å². The van der Waals surface area contributed by atoms with Crippen LogP contribution in [-0.2, 0) is 13.8 Å². The highest BCUT2D eigenvalue weighted by Crippen LogP contribution is 2.16. The van der Waals surface area contributed by atoms with Crippen molar-refractivity contribution in [2.45, 2.75) is 6.73 Å². The van der Waals surface area contributed by atoms with Gasteiger partial charge in [0.1, 0.15) is 5.75 Å². The number of carbonyl (C=O) groups excluding carboxylic acids is 1. The number of hydrogen-bond donors (Lipinski definition) is 1. The Morgan fingerprint density at radius 3 is 2.70 bits per heavy atom. The van der Waals surface area contributed by atoms with E-state index >= 15 is 0 Å². The van der Waals surface area contributed by atoms with Crippen LogP contribution < -0.4 is 10.1 Å². The van der Waals surface area contributed by atoms with Gasteiger partial charge in [0.15, 0.2) is 6.73 Å². The van der Waals surface area contributed by atoms with Crippen molar-refractivity contribution in [1.82, 2.24) is 19.6 Å². The highest BCUT2D eigenvalue weighted by Gasteiger charge is 2.09. The summed E-state index contributed by atoms with van der Waals surface area (Å²) in [6.07, 6.45) is 6.43. The van der Waals surface area contributed by atoms with E-state index in [-0.39, 0.29) is 12.6 Å². The second-order valence-corrected chi connectivity index (χ2v) is 5.77. The Morgan fingerprint density at radius 2 is 2.00 bits per heavy atom. The number of rotatable bonds is 5. The summed E-state index contributed by atoms with van der Waals surface area (Å²) in [5.41, 5.74) is 1.09. The summed E-state index contributed by atoms with van der Waals surface area (Å²) in [6.45, 7) is 0.254. The van der Waals surface area contributed by atoms with Gasteiger partial charge in [-0.15, -0.1) is 0 Å². The third-order valence-electron chi connectivity index (χ3n) is 3.04. The predicted molar refractivity (Wildman–Crippen MR) is 88.2 cm³/mol. The van der Waals surface area contributed by atoms with Gasteiger partial charge in [0.25, 0.3) is 5.91 Å². The molecule has 1 N–H and O–H groups in total. The van der Waals surface area contributed by atoms with Crippen LogP contribution in [0.15, 0.2) is 53.5 Å². The summed E-state index contributed by atoms with van der Waals surface area (Å²) in [6, 6.07) is 7.52. The number of benzene rings is 1. The molecule has 0 unspecified atom stereocenters. The summed E-state index contributed by atoms with van der Waals surface area (Å²) in [7, 11) is 1.76. The van der Waals surface area contributed by atoms with E-state index in [9.17, 15) is 4.79 Å². The zero-order valence-electron chi connectivity index (χ0n) is 12.3. The van der Waals surface area contributed by atoms with Crippen molar-refractivity contribution in [2.75, 3.05) is 5.32 Å². The monoisotopic (exact) mass is 375 g/mol. The number of anilines is 1.